The monoisotopic (exact) mass is 504 g/mol. The molecule has 6 heteroatoms. The minimum Gasteiger partial charge on any atom is -0.489 e. The van der Waals surface area contributed by atoms with Crippen LogP contribution in [0.1, 0.15) is 27.0 Å². The predicted molar refractivity (Wildman–Crippen MR) is 121 cm³/mol. The van der Waals surface area contributed by atoms with Crippen LogP contribution in [0.3, 0.4) is 0 Å². The average molecular weight is 505 g/mol. The maximum atomic E-state index is 12.1. The molecule has 142 valence electrons. The van der Waals surface area contributed by atoms with Gasteiger partial charge in [-0.1, -0.05) is 29.8 Å². The van der Waals surface area contributed by atoms with Crippen molar-refractivity contribution in [1.29, 1.82) is 0 Å². The fraction of sp³-hybridized carbons (Fsp3) is 0.0909. The molecule has 3 aromatic carbocycles. The van der Waals surface area contributed by atoms with Crippen LogP contribution in [0.25, 0.3) is 0 Å². The molecule has 0 heterocycles. The van der Waals surface area contributed by atoms with E-state index in [0.717, 1.165) is 22.4 Å². The van der Waals surface area contributed by atoms with Crippen LogP contribution in [0.4, 0.5) is 0 Å². The first kappa shape index (κ1) is 20.4. The van der Waals surface area contributed by atoms with Gasteiger partial charge in [0.15, 0.2) is 0 Å². The van der Waals surface area contributed by atoms with Gasteiger partial charge in [0.25, 0.3) is 5.91 Å². The smallest absolute Gasteiger partial charge is 0.271 e. The van der Waals surface area contributed by atoms with Crippen molar-refractivity contribution in [1.82, 2.24) is 5.43 Å². The highest BCUT2D eigenvalue weighted by atomic mass is 127. The summed E-state index contributed by atoms with van der Waals surface area (Å²) in [5, 5.41) is 4.55. The molecular formula is C22H18ClIN2O2. The number of benzene rings is 3. The van der Waals surface area contributed by atoms with Crippen LogP contribution in [-0.4, -0.2) is 12.1 Å². The van der Waals surface area contributed by atoms with Gasteiger partial charge in [0, 0.05) is 14.2 Å². The molecule has 1 amide bonds. The second-order valence-corrected chi connectivity index (χ2v) is 7.80. The summed E-state index contributed by atoms with van der Waals surface area (Å²) in [7, 11) is 0. The molecule has 0 unspecified atom stereocenters. The Morgan fingerprint density at radius 2 is 1.82 bits per heavy atom. The largest absolute Gasteiger partial charge is 0.489 e. The first-order valence-electron chi connectivity index (χ1n) is 8.58. The Bertz CT molecular complexity index is 986. The highest BCUT2D eigenvalue weighted by Crippen LogP contribution is 2.17. The van der Waals surface area contributed by atoms with Crippen molar-refractivity contribution in [2.24, 2.45) is 5.10 Å². The lowest BCUT2D eigenvalue weighted by Crippen LogP contribution is -2.17. The normalized spacial score (nSPS) is 10.8. The summed E-state index contributed by atoms with van der Waals surface area (Å²) in [6.45, 7) is 2.40. The van der Waals surface area contributed by atoms with Crippen LogP contribution < -0.4 is 10.2 Å². The van der Waals surface area contributed by atoms with Crippen molar-refractivity contribution in [3.63, 3.8) is 0 Å². The quantitative estimate of drug-likeness (QED) is 0.270. The first-order valence-corrected chi connectivity index (χ1v) is 10.0. The van der Waals surface area contributed by atoms with Gasteiger partial charge in [0.1, 0.15) is 12.4 Å². The van der Waals surface area contributed by atoms with E-state index in [-0.39, 0.29) is 5.91 Å². The molecule has 0 aliphatic carbocycles. The molecule has 0 aliphatic rings. The lowest BCUT2D eigenvalue weighted by Gasteiger charge is -2.06. The van der Waals surface area contributed by atoms with Crippen LogP contribution in [-0.2, 0) is 6.61 Å². The van der Waals surface area contributed by atoms with Crippen molar-refractivity contribution >= 4 is 46.3 Å². The van der Waals surface area contributed by atoms with Gasteiger partial charge in [0.2, 0.25) is 0 Å². The summed E-state index contributed by atoms with van der Waals surface area (Å²) >= 11 is 8.32. The number of rotatable bonds is 6. The Kier molecular flexibility index (Phi) is 7.06. The summed E-state index contributed by atoms with van der Waals surface area (Å²) in [6, 6.07) is 20.8. The fourth-order valence-electron chi connectivity index (χ4n) is 2.36. The second-order valence-electron chi connectivity index (χ2n) is 6.15. The van der Waals surface area contributed by atoms with Crippen LogP contribution in [0, 0.1) is 10.5 Å². The molecule has 0 spiro atoms. The van der Waals surface area contributed by atoms with E-state index in [1.54, 1.807) is 24.4 Å². The van der Waals surface area contributed by atoms with E-state index >= 15 is 0 Å². The van der Waals surface area contributed by atoms with Crippen molar-refractivity contribution in [3.05, 3.63) is 97.6 Å². The average Bonchev–Trinajstić information content (AvgIpc) is 2.70. The van der Waals surface area contributed by atoms with E-state index in [0.29, 0.717) is 17.2 Å². The zero-order valence-electron chi connectivity index (χ0n) is 15.2. The number of nitrogens with zero attached hydrogens (tertiary/aromatic N) is 1. The Morgan fingerprint density at radius 1 is 1.11 bits per heavy atom. The number of nitrogens with one attached hydrogen (secondary N) is 1. The lowest BCUT2D eigenvalue weighted by molar-refractivity contribution is 0.0955. The number of aryl methyl sites for hydroxylation is 1. The molecule has 0 saturated carbocycles. The number of amides is 1. The Balaban J connectivity index is 1.52. The molecule has 0 bridgehead atoms. The van der Waals surface area contributed by atoms with Crippen molar-refractivity contribution < 1.29 is 9.53 Å². The molecule has 0 atom stereocenters. The van der Waals surface area contributed by atoms with E-state index in [9.17, 15) is 4.79 Å². The molecule has 0 aromatic heterocycles. The van der Waals surface area contributed by atoms with Crippen LogP contribution in [0.5, 0.6) is 5.75 Å². The van der Waals surface area contributed by atoms with Crippen molar-refractivity contribution in [2.45, 2.75) is 13.5 Å². The number of halogens is 2. The molecule has 4 nitrogen and oxygen atoms in total. The van der Waals surface area contributed by atoms with Gasteiger partial charge in [-0.05, 0) is 94.7 Å². The molecule has 0 saturated heterocycles. The van der Waals surface area contributed by atoms with Gasteiger partial charge >= 0.3 is 0 Å². The molecule has 0 aliphatic heterocycles. The fourth-order valence-corrected chi connectivity index (χ4v) is 2.90. The van der Waals surface area contributed by atoms with Gasteiger partial charge in [-0.25, -0.2) is 5.43 Å². The maximum Gasteiger partial charge on any atom is 0.271 e. The number of hydrogen-bond acceptors (Lipinski definition) is 3. The summed E-state index contributed by atoms with van der Waals surface area (Å²) < 4.78 is 6.98. The summed E-state index contributed by atoms with van der Waals surface area (Å²) in [6.07, 6.45) is 1.58. The Morgan fingerprint density at radius 3 is 2.50 bits per heavy atom. The predicted octanol–water partition coefficient (Wildman–Crippen LogP) is 5.60. The third kappa shape index (κ3) is 5.81. The van der Waals surface area contributed by atoms with Crippen LogP contribution in [0.2, 0.25) is 5.02 Å². The highest BCUT2D eigenvalue weighted by molar-refractivity contribution is 14.1. The molecule has 0 radical (unpaired) electrons. The molecule has 3 aromatic rings. The zero-order chi connectivity index (χ0) is 19.9. The Labute approximate surface area is 182 Å². The SMILES string of the molecule is Cc1ccc(C(=O)N/N=C\c2ccc(OCc3ccc(I)cc3)cc2)cc1Cl. The van der Waals surface area contributed by atoms with E-state index < -0.39 is 0 Å². The zero-order valence-corrected chi connectivity index (χ0v) is 18.1. The second kappa shape index (κ2) is 9.71. The van der Waals surface area contributed by atoms with E-state index in [1.165, 1.54) is 3.57 Å². The summed E-state index contributed by atoms with van der Waals surface area (Å²) in [5.74, 6) is 0.463. The molecular weight excluding hydrogens is 487 g/mol. The lowest BCUT2D eigenvalue weighted by atomic mass is 10.1. The van der Waals surface area contributed by atoms with Gasteiger partial charge in [-0.3, -0.25) is 4.79 Å². The van der Waals surface area contributed by atoms with Gasteiger partial charge < -0.3 is 4.74 Å². The molecule has 28 heavy (non-hydrogen) atoms. The van der Waals surface area contributed by atoms with Crippen LogP contribution in [0.15, 0.2) is 71.8 Å². The number of hydrogen-bond donors (Lipinski definition) is 1. The molecule has 3 rings (SSSR count). The molecule has 0 fully saturated rings. The number of ether oxygens (including phenoxy) is 1. The van der Waals surface area contributed by atoms with Crippen molar-refractivity contribution in [2.75, 3.05) is 0 Å². The van der Waals surface area contributed by atoms with E-state index in [4.69, 9.17) is 16.3 Å². The first-order chi connectivity index (χ1) is 13.5. The minimum atomic E-state index is -0.310. The third-order valence-electron chi connectivity index (χ3n) is 4.01. The third-order valence-corrected chi connectivity index (χ3v) is 5.14. The Hall–Kier alpha value is -2.38. The minimum absolute atomic E-state index is 0.310. The number of carbonyl (C=O) groups is 1. The number of carbonyl (C=O) groups excluding carboxylic acids is 1. The topological polar surface area (TPSA) is 50.7 Å². The summed E-state index contributed by atoms with van der Waals surface area (Å²) in [5.41, 5.74) is 5.85. The van der Waals surface area contributed by atoms with Gasteiger partial charge in [-0.15, -0.1) is 0 Å². The molecule has 1 N–H and O–H groups in total. The van der Waals surface area contributed by atoms with Crippen LogP contribution >= 0.6 is 34.2 Å². The van der Waals surface area contributed by atoms with E-state index in [2.05, 4.69) is 45.3 Å². The van der Waals surface area contributed by atoms with E-state index in [1.807, 2.05) is 43.3 Å². The van der Waals surface area contributed by atoms with Gasteiger partial charge in [0.05, 0.1) is 6.21 Å². The number of hydrazone groups is 1. The highest BCUT2D eigenvalue weighted by Gasteiger charge is 2.06. The standard InChI is InChI=1S/C22H18ClIN2O2/c1-15-2-7-18(12-21(15)23)22(27)26-25-13-16-5-10-20(11-6-16)28-14-17-3-8-19(24)9-4-17/h2-13H,14H2,1H3,(H,26,27)/b25-13-. The van der Waals surface area contributed by atoms with Crippen molar-refractivity contribution in [3.8, 4) is 5.75 Å². The maximum absolute atomic E-state index is 12.1. The summed E-state index contributed by atoms with van der Waals surface area (Å²) in [4.78, 5) is 12.1. The van der Waals surface area contributed by atoms with Gasteiger partial charge in [-0.2, -0.15) is 5.10 Å².